The van der Waals surface area contributed by atoms with E-state index in [1.165, 1.54) is 0 Å². The molecule has 0 fully saturated rings. The second-order valence-electron chi connectivity index (χ2n) is 4.00. The SMILES string of the molecule is COc1ccc(CNCc2ccc(Br)o2)cc1OC. The molecule has 0 radical (unpaired) electrons. The number of furan rings is 1. The van der Waals surface area contributed by atoms with Crippen molar-refractivity contribution in [2.45, 2.75) is 13.1 Å². The van der Waals surface area contributed by atoms with Gasteiger partial charge in [0.2, 0.25) is 0 Å². The fraction of sp³-hybridized carbons (Fsp3) is 0.286. The molecule has 1 aromatic carbocycles. The first kappa shape index (κ1) is 14.0. The average molecular weight is 326 g/mol. The molecule has 1 N–H and O–H groups in total. The third-order valence-corrected chi connectivity index (χ3v) is 3.13. The number of hydrogen-bond acceptors (Lipinski definition) is 4. The fourth-order valence-corrected chi connectivity index (χ4v) is 2.11. The summed E-state index contributed by atoms with van der Waals surface area (Å²) in [5.74, 6) is 2.37. The van der Waals surface area contributed by atoms with Gasteiger partial charge in [-0.1, -0.05) is 6.07 Å². The molecule has 0 aliphatic rings. The van der Waals surface area contributed by atoms with Crippen LogP contribution in [0.15, 0.2) is 39.4 Å². The van der Waals surface area contributed by atoms with Crippen LogP contribution in [0.4, 0.5) is 0 Å². The fourth-order valence-electron chi connectivity index (χ4n) is 1.77. The number of rotatable bonds is 6. The van der Waals surface area contributed by atoms with E-state index in [1.807, 2.05) is 30.3 Å². The van der Waals surface area contributed by atoms with E-state index in [0.29, 0.717) is 6.54 Å². The van der Waals surface area contributed by atoms with Crippen molar-refractivity contribution in [1.82, 2.24) is 5.32 Å². The molecule has 1 heterocycles. The average Bonchev–Trinajstić information content (AvgIpc) is 2.84. The number of methoxy groups -OCH3 is 2. The van der Waals surface area contributed by atoms with Crippen molar-refractivity contribution >= 4 is 15.9 Å². The van der Waals surface area contributed by atoms with Gasteiger partial charge in [-0.05, 0) is 45.8 Å². The quantitative estimate of drug-likeness (QED) is 0.884. The minimum absolute atomic E-state index is 0.681. The van der Waals surface area contributed by atoms with Crippen LogP contribution in [-0.4, -0.2) is 14.2 Å². The Kier molecular flexibility index (Phi) is 4.87. The molecule has 0 bridgehead atoms. The van der Waals surface area contributed by atoms with Crippen LogP contribution in [0.25, 0.3) is 0 Å². The molecule has 0 saturated carbocycles. The lowest BCUT2D eigenvalue weighted by atomic mass is 10.2. The van der Waals surface area contributed by atoms with Crippen LogP contribution in [0.5, 0.6) is 11.5 Å². The molecule has 2 aromatic rings. The highest BCUT2D eigenvalue weighted by Gasteiger charge is 2.04. The predicted octanol–water partition coefficient (Wildman–Crippen LogP) is 3.35. The smallest absolute Gasteiger partial charge is 0.169 e. The number of ether oxygens (including phenoxy) is 2. The summed E-state index contributed by atoms with van der Waals surface area (Å²) in [4.78, 5) is 0. The lowest BCUT2D eigenvalue weighted by Crippen LogP contribution is -2.12. The monoisotopic (exact) mass is 325 g/mol. The first-order valence-electron chi connectivity index (χ1n) is 5.88. The van der Waals surface area contributed by atoms with E-state index in [0.717, 1.165) is 34.0 Å². The Hall–Kier alpha value is -1.46. The summed E-state index contributed by atoms with van der Waals surface area (Å²) < 4.78 is 16.6. The second kappa shape index (κ2) is 6.63. The first-order valence-corrected chi connectivity index (χ1v) is 6.68. The van der Waals surface area contributed by atoms with E-state index in [-0.39, 0.29) is 0 Å². The number of halogens is 1. The highest BCUT2D eigenvalue weighted by molar-refractivity contribution is 9.10. The molecular weight excluding hydrogens is 310 g/mol. The highest BCUT2D eigenvalue weighted by Crippen LogP contribution is 2.27. The normalized spacial score (nSPS) is 10.5. The number of hydrogen-bond donors (Lipinski definition) is 1. The van der Waals surface area contributed by atoms with Gasteiger partial charge in [0.1, 0.15) is 5.76 Å². The van der Waals surface area contributed by atoms with Gasteiger partial charge in [0, 0.05) is 6.54 Å². The van der Waals surface area contributed by atoms with Gasteiger partial charge < -0.3 is 19.2 Å². The van der Waals surface area contributed by atoms with Crippen molar-refractivity contribution < 1.29 is 13.9 Å². The van der Waals surface area contributed by atoms with Gasteiger partial charge in [-0.25, -0.2) is 0 Å². The summed E-state index contributed by atoms with van der Waals surface area (Å²) in [6.07, 6.45) is 0. The summed E-state index contributed by atoms with van der Waals surface area (Å²) in [6.45, 7) is 1.42. The van der Waals surface area contributed by atoms with Crippen molar-refractivity contribution in [1.29, 1.82) is 0 Å². The van der Waals surface area contributed by atoms with Crippen LogP contribution < -0.4 is 14.8 Å². The molecule has 1 aromatic heterocycles. The zero-order chi connectivity index (χ0) is 13.7. The first-order chi connectivity index (χ1) is 9.22. The standard InChI is InChI=1S/C14H16BrNO3/c1-17-12-5-3-10(7-13(12)18-2)8-16-9-11-4-6-14(15)19-11/h3-7,16H,8-9H2,1-2H3. The summed E-state index contributed by atoms with van der Waals surface area (Å²) in [5, 5.41) is 3.31. The van der Waals surface area contributed by atoms with Crippen LogP contribution in [0, 0.1) is 0 Å². The highest BCUT2D eigenvalue weighted by atomic mass is 79.9. The van der Waals surface area contributed by atoms with Crippen LogP contribution in [-0.2, 0) is 13.1 Å². The minimum Gasteiger partial charge on any atom is -0.493 e. The Morgan fingerprint density at radius 3 is 2.47 bits per heavy atom. The summed E-state index contributed by atoms with van der Waals surface area (Å²) in [6, 6.07) is 9.69. The van der Waals surface area contributed by atoms with Gasteiger partial charge in [-0.15, -0.1) is 0 Å². The molecule has 5 heteroatoms. The van der Waals surface area contributed by atoms with Crippen molar-refractivity contribution in [3.8, 4) is 11.5 Å². The van der Waals surface area contributed by atoms with E-state index in [2.05, 4.69) is 21.2 Å². The lowest BCUT2D eigenvalue weighted by molar-refractivity contribution is 0.354. The number of nitrogens with one attached hydrogen (secondary N) is 1. The zero-order valence-corrected chi connectivity index (χ0v) is 12.5. The summed E-state index contributed by atoms with van der Waals surface area (Å²) >= 11 is 3.28. The Balaban J connectivity index is 1.92. The maximum atomic E-state index is 5.41. The van der Waals surface area contributed by atoms with Gasteiger partial charge in [0.15, 0.2) is 16.2 Å². The van der Waals surface area contributed by atoms with Crippen molar-refractivity contribution in [3.05, 3.63) is 46.3 Å². The third kappa shape index (κ3) is 3.75. The Morgan fingerprint density at radius 2 is 1.84 bits per heavy atom. The van der Waals surface area contributed by atoms with Crippen molar-refractivity contribution in [3.63, 3.8) is 0 Å². The molecule has 0 spiro atoms. The summed E-state index contributed by atoms with van der Waals surface area (Å²) in [5.41, 5.74) is 1.13. The molecule has 4 nitrogen and oxygen atoms in total. The third-order valence-electron chi connectivity index (χ3n) is 2.71. The molecule has 102 valence electrons. The van der Waals surface area contributed by atoms with Gasteiger partial charge in [0.25, 0.3) is 0 Å². The molecule has 0 aliphatic carbocycles. The minimum atomic E-state index is 0.681. The van der Waals surface area contributed by atoms with Gasteiger partial charge in [-0.3, -0.25) is 0 Å². The molecule has 0 amide bonds. The molecule has 0 aliphatic heterocycles. The predicted molar refractivity (Wildman–Crippen MR) is 76.5 cm³/mol. The summed E-state index contributed by atoms with van der Waals surface area (Å²) in [7, 11) is 3.26. The van der Waals surface area contributed by atoms with Crippen LogP contribution in [0.1, 0.15) is 11.3 Å². The molecule has 2 rings (SSSR count). The van der Waals surface area contributed by atoms with E-state index < -0.39 is 0 Å². The largest absolute Gasteiger partial charge is 0.493 e. The Labute approximate surface area is 120 Å². The maximum Gasteiger partial charge on any atom is 0.169 e. The van der Waals surface area contributed by atoms with E-state index >= 15 is 0 Å². The van der Waals surface area contributed by atoms with E-state index in [9.17, 15) is 0 Å². The Morgan fingerprint density at radius 1 is 1.05 bits per heavy atom. The van der Waals surface area contributed by atoms with E-state index in [4.69, 9.17) is 13.9 Å². The molecule has 0 saturated heterocycles. The Bertz CT molecular complexity index is 539. The van der Waals surface area contributed by atoms with Gasteiger partial charge in [-0.2, -0.15) is 0 Å². The second-order valence-corrected chi connectivity index (χ2v) is 4.78. The molecule has 0 unspecified atom stereocenters. The van der Waals surface area contributed by atoms with Crippen LogP contribution >= 0.6 is 15.9 Å². The lowest BCUT2D eigenvalue weighted by Gasteiger charge is -2.09. The van der Waals surface area contributed by atoms with Gasteiger partial charge in [0.05, 0.1) is 20.8 Å². The molecular formula is C14H16BrNO3. The van der Waals surface area contributed by atoms with Crippen LogP contribution in [0.2, 0.25) is 0 Å². The topological polar surface area (TPSA) is 43.6 Å². The number of benzene rings is 1. The zero-order valence-electron chi connectivity index (χ0n) is 10.9. The van der Waals surface area contributed by atoms with E-state index in [1.54, 1.807) is 14.2 Å². The van der Waals surface area contributed by atoms with Gasteiger partial charge >= 0.3 is 0 Å². The van der Waals surface area contributed by atoms with Crippen molar-refractivity contribution in [2.75, 3.05) is 14.2 Å². The van der Waals surface area contributed by atoms with Crippen LogP contribution in [0.3, 0.4) is 0 Å². The maximum absolute atomic E-state index is 5.41. The molecule has 0 atom stereocenters. The molecule has 19 heavy (non-hydrogen) atoms. The van der Waals surface area contributed by atoms with Crippen molar-refractivity contribution in [2.24, 2.45) is 0 Å².